The molecule has 0 aliphatic rings. The van der Waals surface area contributed by atoms with E-state index in [2.05, 4.69) is 140 Å². The summed E-state index contributed by atoms with van der Waals surface area (Å²) >= 11 is 0. The highest BCUT2D eigenvalue weighted by molar-refractivity contribution is 5.60. The number of phenols is 3. The second-order valence-corrected chi connectivity index (χ2v) is 15.0. The van der Waals surface area contributed by atoms with Gasteiger partial charge in [-0.2, -0.15) is 0 Å². The number of rotatable bonds is 21. The number of nitrogens with one attached hydrogen (secondary N) is 1. The van der Waals surface area contributed by atoms with E-state index in [0.717, 1.165) is 90.3 Å². The molecular weight excluding hydrogens is 743 g/mol. The summed E-state index contributed by atoms with van der Waals surface area (Å²) in [5.41, 5.74) is 13.8. The Morgan fingerprint density at radius 2 is 0.767 bits per heavy atom. The van der Waals surface area contributed by atoms with E-state index < -0.39 is 5.41 Å². The quantitative estimate of drug-likeness (QED) is 0.0675. The third-order valence-electron chi connectivity index (χ3n) is 11.1. The molecule has 0 heterocycles. The smallest absolute Gasteiger partial charge is 0.124 e. The Labute approximate surface area is 371 Å². The summed E-state index contributed by atoms with van der Waals surface area (Å²) in [6.07, 6.45) is 4.58. The summed E-state index contributed by atoms with van der Waals surface area (Å²) in [5, 5.41) is 38.0. The van der Waals surface area contributed by atoms with Crippen molar-refractivity contribution in [2.45, 2.75) is 182 Å². The molecule has 0 spiro atoms. The summed E-state index contributed by atoms with van der Waals surface area (Å²) < 4.78 is 0. The van der Waals surface area contributed by atoms with Crippen LogP contribution in [0.4, 0.5) is 0 Å². The van der Waals surface area contributed by atoms with Crippen LogP contribution in [0, 0.1) is 0 Å². The van der Waals surface area contributed by atoms with E-state index >= 15 is 0 Å². The molecule has 0 aliphatic carbocycles. The maximum atomic E-state index is 11.8. The number of nitrogens with two attached hydrogens (primary N) is 1. The summed E-state index contributed by atoms with van der Waals surface area (Å²) in [5.74, 6) is 0.942. The Morgan fingerprint density at radius 3 is 1.05 bits per heavy atom. The van der Waals surface area contributed by atoms with Crippen LogP contribution in [0.15, 0.2) is 36.4 Å². The van der Waals surface area contributed by atoms with Gasteiger partial charge in [0.25, 0.3) is 0 Å². The fraction of sp³-hybridized carbons (Fsp3) is 0.654. The Morgan fingerprint density at radius 1 is 0.483 bits per heavy atom. The van der Waals surface area contributed by atoms with Gasteiger partial charge in [-0.15, -0.1) is 0 Å². The molecule has 3 aromatic rings. The number of aryl methyl sites for hydroxylation is 1. The van der Waals surface area contributed by atoms with Crippen molar-refractivity contribution in [3.05, 3.63) is 86.5 Å². The van der Waals surface area contributed by atoms with Gasteiger partial charge in [-0.1, -0.05) is 136 Å². The van der Waals surface area contributed by atoms with E-state index in [0.29, 0.717) is 49.7 Å². The predicted molar refractivity (Wildman–Crippen MR) is 264 cm³/mol. The van der Waals surface area contributed by atoms with Gasteiger partial charge in [0.05, 0.1) is 0 Å². The molecule has 0 amide bonds. The summed E-state index contributed by atoms with van der Waals surface area (Å²) in [7, 11) is 0. The number of phenolic OH excluding ortho intramolecular Hbond substituents is 3. The van der Waals surface area contributed by atoms with Gasteiger partial charge in [0, 0.05) is 66.0 Å². The molecule has 0 aromatic heterocycles. The summed E-state index contributed by atoms with van der Waals surface area (Å²) in [4.78, 5) is 6.98. The van der Waals surface area contributed by atoms with Crippen molar-refractivity contribution in [3.8, 4) is 17.2 Å². The van der Waals surface area contributed by atoms with Crippen LogP contribution in [0.1, 0.15) is 187 Å². The normalized spacial score (nSPS) is 11.8. The Hall–Kier alpha value is -3.14. The van der Waals surface area contributed by atoms with Crippen LogP contribution < -0.4 is 11.1 Å². The Balaban J connectivity index is 0. The lowest BCUT2D eigenvalue weighted by Gasteiger charge is -2.36. The Bertz CT molecular complexity index is 1510. The molecule has 3 aromatic carbocycles. The molecule has 3 rings (SSSR count). The highest BCUT2D eigenvalue weighted by Crippen LogP contribution is 2.45. The number of nitrogens with zero attached hydrogens (tertiary/aromatic N) is 3. The third-order valence-corrected chi connectivity index (χ3v) is 11.1. The number of hydrogen-bond acceptors (Lipinski definition) is 8. The van der Waals surface area contributed by atoms with Crippen LogP contribution in [0.25, 0.3) is 0 Å². The van der Waals surface area contributed by atoms with Crippen molar-refractivity contribution in [2.75, 3.05) is 45.8 Å². The Kier molecular flexibility index (Phi) is 32.9. The molecule has 1 unspecified atom stereocenters. The lowest BCUT2D eigenvalue weighted by Crippen LogP contribution is -2.29. The fourth-order valence-corrected chi connectivity index (χ4v) is 6.89. The highest BCUT2D eigenvalue weighted by atomic mass is 16.3. The molecule has 346 valence electrons. The van der Waals surface area contributed by atoms with Gasteiger partial charge in [-0.25, -0.2) is 0 Å². The molecule has 0 radical (unpaired) electrons. The third kappa shape index (κ3) is 17.3. The van der Waals surface area contributed by atoms with Gasteiger partial charge in [-0.05, 0) is 112 Å². The first-order valence-corrected chi connectivity index (χ1v) is 24.0. The van der Waals surface area contributed by atoms with Crippen molar-refractivity contribution >= 4 is 0 Å². The van der Waals surface area contributed by atoms with Gasteiger partial charge in [0.2, 0.25) is 0 Å². The lowest BCUT2D eigenvalue weighted by molar-refractivity contribution is 0.281. The zero-order valence-corrected chi connectivity index (χ0v) is 42.0. The maximum Gasteiger partial charge on any atom is 0.124 e. The average molecular weight is 838 g/mol. The minimum atomic E-state index is -0.724. The highest BCUT2D eigenvalue weighted by Gasteiger charge is 2.35. The van der Waals surface area contributed by atoms with Gasteiger partial charge >= 0.3 is 0 Å². The van der Waals surface area contributed by atoms with E-state index in [-0.39, 0.29) is 12.3 Å². The van der Waals surface area contributed by atoms with Crippen LogP contribution >= 0.6 is 0 Å². The van der Waals surface area contributed by atoms with Gasteiger partial charge in [-0.3, -0.25) is 14.7 Å². The largest absolute Gasteiger partial charge is 0.507 e. The van der Waals surface area contributed by atoms with Gasteiger partial charge in [0.1, 0.15) is 17.2 Å². The number of hydrogen-bond donors (Lipinski definition) is 5. The molecular formula is C52H95N5O3. The van der Waals surface area contributed by atoms with E-state index in [1.807, 2.05) is 33.8 Å². The fourth-order valence-electron chi connectivity index (χ4n) is 6.89. The molecule has 0 saturated heterocycles. The minimum absolute atomic E-state index is 0.202. The monoisotopic (exact) mass is 838 g/mol. The SMILES string of the molecule is CC.CC.CCC.CCCC.CCNCc1cc(C(C)(c2cc(CC)c(O)c(CN(CC)CC)c2)c2cc(CN(CC)CC)c(O)c(CN(CC)CC)c2)cc(CN)c1O. The molecule has 60 heavy (non-hydrogen) atoms. The van der Waals surface area contributed by atoms with Crippen molar-refractivity contribution in [1.82, 2.24) is 20.0 Å². The van der Waals surface area contributed by atoms with Crippen LogP contribution in [0.3, 0.4) is 0 Å². The van der Waals surface area contributed by atoms with Crippen molar-refractivity contribution in [3.63, 3.8) is 0 Å². The van der Waals surface area contributed by atoms with Crippen molar-refractivity contribution in [2.24, 2.45) is 5.73 Å². The molecule has 0 bridgehead atoms. The first-order valence-electron chi connectivity index (χ1n) is 24.0. The van der Waals surface area contributed by atoms with Crippen molar-refractivity contribution in [1.29, 1.82) is 0 Å². The topological polar surface area (TPSA) is 108 Å². The first-order chi connectivity index (χ1) is 28.8. The van der Waals surface area contributed by atoms with Crippen LogP contribution in [-0.4, -0.2) is 75.8 Å². The van der Waals surface area contributed by atoms with Gasteiger partial charge < -0.3 is 26.4 Å². The molecule has 1 atom stereocenters. The minimum Gasteiger partial charge on any atom is -0.507 e. The van der Waals surface area contributed by atoms with E-state index in [4.69, 9.17) is 5.73 Å². The molecule has 0 aliphatic heterocycles. The van der Waals surface area contributed by atoms with E-state index in [1.165, 1.54) is 19.3 Å². The van der Waals surface area contributed by atoms with Crippen molar-refractivity contribution < 1.29 is 15.3 Å². The predicted octanol–water partition coefficient (Wildman–Crippen LogP) is 12.1. The van der Waals surface area contributed by atoms with Crippen LogP contribution in [0.5, 0.6) is 17.2 Å². The zero-order valence-electron chi connectivity index (χ0n) is 42.0. The van der Waals surface area contributed by atoms with Gasteiger partial charge in [0.15, 0.2) is 0 Å². The second kappa shape index (κ2) is 33.5. The zero-order chi connectivity index (χ0) is 46.4. The maximum absolute atomic E-state index is 11.8. The standard InChI is InChI=1S/C41H65N5O3.C4H10.C3H8.2C2H6/c1-10-29-18-35(21-32(38(29)47)26-44(12-3)13-4)41(9,36-19-30(24-42)39(48)31(20-36)25-43-11-2)37-22-33(27-45(14-5)15-6)40(49)34(23-37)28-46(16-7)17-8;1-3-4-2;1-3-2;2*1-2/h18-23,43,47-49H,10-17,24-28,42H2,1-9H3;3-4H2,1-2H3;3H2,1-2H3;2*1-2H3. The van der Waals surface area contributed by atoms with E-state index in [1.54, 1.807) is 0 Å². The number of benzene rings is 3. The average Bonchev–Trinajstić information content (AvgIpc) is 3.28. The second-order valence-electron chi connectivity index (χ2n) is 15.0. The summed E-state index contributed by atoms with van der Waals surface area (Å²) in [6, 6.07) is 12.9. The first kappa shape index (κ1) is 59.0. The van der Waals surface area contributed by atoms with Crippen LogP contribution in [-0.2, 0) is 44.6 Å². The molecule has 8 nitrogen and oxygen atoms in total. The lowest BCUT2D eigenvalue weighted by atomic mass is 9.68. The van der Waals surface area contributed by atoms with Crippen LogP contribution in [0.2, 0.25) is 0 Å². The van der Waals surface area contributed by atoms with E-state index in [9.17, 15) is 15.3 Å². The molecule has 6 N–H and O–H groups in total. The molecule has 0 saturated carbocycles. The summed E-state index contributed by atoms with van der Waals surface area (Å²) in [6.45, 7) is 44.6. The number of unbranched alkanes of at least 4 members (excludes halogenated alkanes) is 1. The molecule has 0 fully saturated rings. The number of aromatic hydroxyl groups is 3. The molecule has 8 heteroatoms.